The van der Waals surface area contributed by atoms with E-state index in [-0.39, 0.29) is 6.04 Å². The molecule has 5 heteroatoms. The monoisotopic (exact) mass is 313 g/mol. The van der Waals surface area contributed by atoms with Crippen LogP contribution in [-0.4, -0.2) is 16.9 Å². The maximum atomic E-state index is 6.03. The van der Waals surface area contributed by atoms with Crippen LogP contribution < -0.4 is 10.1 Å². The highest BCUT2D eigenvalue weighted by Gasteiger charge is 2.19. The van der Waals surface area contributed by atoms with Gasteiger partial charge in [0.25, 0.3) is 0 Å². The van der Waals surface area contributed by atoms with Crippen LogP contribution in [0.1, 0.15) is 35.5 Å². The average Bonchev–Trinajstić information content (AvgIpc) is 3.02. The maximum absolute atomic E-state index is 6.03. The first-order valence-corrected chi connectivity index (χ1v) is 7.80. The predicted octanol–water partition coefficient (Wildman–Crippen LogP) is 3.64. The summed E-state index contributed by atoms with van der Waals surface area (Å²) in [7, 11) is 3.56. The van der Waals surface area contributed by atoms with Crippen molar-refractivity contribution in [3.63, 3.8) is 0 Å². The van der Waals surface area contributed by atoms with Gasteiger partial charge in [-0.25, -0.2) is 4.68 Å². The molecule has 2 heterocycles. The summed E-state index contributed by atoms with van der Waals surface area (Å²) in [5.74, 6) is 1.77. The molecule has 1 N–H and O–H groups in total. The van der Waals surface area contributed by atoms with Crippen LogP contribution in [-0.2, 0) is 13.6 Å². The Bertz CT molecular complexity index is 832. The third-order valence-corrected chi connectivity index (χ3v) is 4.34. The van der Waals surface area contributed by atoms with Crippen molar-refractivity contribution in [2.24, 2.45) is 7.05 Å². The molecule has 0 aliphatic heterocycles. The SMILES string of the molecule is COc1c(CNC(C)c2oc3ccccc3c2C)c(C)nn1C. The topological polar surface area (TPSA) is 52.2 Å². The molecule has 1 aromatic carbocycles. The molecule has 3 rings (SSSR count). The van der Waals surface area contributed by atoms with Crippen molar-refractivity contribution in [2.75, 3.05) is 7.11 Å². The molecule has 0 bridgehead atoms. The standard InChI is InChI=1S/C18H23N3O2/c1-11-14-8-6-7-9-16(14)23-17(11)13(3)19-10-15-12(2)20-21(4)18(15)22-5/h6-9,13,19H,10H2,1-5H3. The van der Waals surface area contributed by atoms with E-state index in [2.05, 4.69) is 30.3 Å². The lowest BCUT2D eigenvalue weighted by atomic mass is 10.1. The third kappa shape index (κ3) is 2.72. The van der Waals surface area contributed by atoms with Gasteiger partial charge >= 0.3 is 0 Å². The largest absolute Gasteiger partial charge is 0.481 e. The molecule has 5 nitrogen and oxygen atoms in total. The van der Waals surface area contributed by atoms with Crippen LogP contribution in [0.3, 0.4) is 0 Å². The van der Waals surface area contributed by atoms with E-state index < -0.39 is 0 Å². The number of fused-ring (bicyclic) bond motifs is 1. The van der Waals surface area contributed by atoms with Crippen molar-refractivity contribution >= 4 is 11.0 Å². The summed E-state index contributed by atoms with van der Waals surface area (Å²) < 4.78 is 13.2. The van der Waals surface area contributed by atoms with Gasteiger partial charge in [-0.1, -0.05) is 18.2 Å². The molecule has 0 saturated carbocycles. The number of methoxy groups -OCH3 is 1. The zero-order chi connectivity index (χ0) is 16.6. The molecule has 0 spiro atoms. The minimum atomic E-state index is 0.103. The van der Waals surface area contributed by atoms with Crippen LogP contribution in [0.15, 0.2) is 28.7 Å². The van der Waals surface area contributed by atoms with Crippen molar-refractivity contribution in [3.05, 3.63) is 46.8 Å². The molecule has 0 radical (unpaired) electrons. The van der Waals surface area contributed by atoms with E-state index in [4.69, 9.17) is 9.15 Å². The number of nitrogens with zero attached hydrogens (tertiary/aromatic N) is 2. The highest BCUT2D eigenvalue weighted by Crippen LogP contribution is 2.30. The van der Waals surface area contributed by atoms with Crippen molar-refractivity contribution in [1.29, 1.82) is 0 Å². The first-order valence-electron chi connectivity index (χ1n) is 7.80. The van der Waals surface area contributed by atoms with Crippen LogP contribution in [0.4, 0.5) is 0 Å². The summed E-state index contributed by atoms with van der Waals surface area (Å²) in [5.41, 5.74) is 4.18. The Morgan fingerprint density at radius 2 is 2.04 bits per heavy atom. The van der Waals surface area contributed by atoms with E-state index in [1.54, 1.807) is 11.8 Å². The van der Waals surface area contributed by atoms with Gasteiger partial charge in [-0.15, -0.1) is 0 Å². The van der Waals surface area contributed by atoms with Gasteiger partial charge < -0.3 is 14.5 Å². The molecular formula is C18H23N3O2. The second-order valence-electron chi connectivity index (χ2n) is 5.89. The number of para-hydroxylation sites is 1. The van der Waals surface area contributed by atoms with Gasteiger partial charge in [0.1, 0.15) is 11.3 Å². The molecule has 1 unspecified atom stereocenters. The van der Waals surface area contributed by atoms with Gasteiger partial charge in [0.2, 0.25) is 5.88 Å². The zero-order valence-electron chi connectivity index (χ0n) is 14.3. The summed E-state index contributed by atoms with van der Waals surface area (Å²) in [5, 5.41) is 9.10. The van der Waals surface area contributed by atoms with Crippen LogP contribution in [0, 0.1) is 13.8 Å². The fourth-order valence-electron chi connectivity index (χ4n) is 3.09. The second-order valence-corrected chi connectivity index (χ2v) is 5.89. The molecule has 0 aliphatic carbocycles. The van der Waals surface area contributed by atoms with Gasteiger partial charge in [0.15, 0.2) is 0 Å². The van der Waals surface area contributed by atoms with E-state index in [0.29, 0.717) is 6.54 Å². The zero-order valence-corrected chi connectivity index (χ0v) is 14.3. The Morgan fingerprint density at radius 3 is 2.74 bits per heavy atom. The molecule has 0 aliphatic rings. The number of ether oxygens (including phenoxy) is 1. The molecule has 1 atom stereocenters. The van der Waals surface area contributed by atoms with Gasteiger partial charge in [0, 0.05) is 19.0 Å². The molecule has 122 valence electrons. The first-order chi connectivity index (χ1) is 11.0. The lowest BCUT2D eigenvalue weighted by Gasteiger charge is -2.13. The van der Waals surface area contributed by atoms with Gasteiger partial charge in [0.05, 0.1) is 24.4 Å². The Hall–Kier alpha value is -2.27. The normalized spacial score (nSPS) is 12.7. The van der Waals surface area contributed by atoms with Crippen molar-refractivity contribution < 1.29 is 9.15 Å². The minimum absolute atomic E-state index is 0.103. The highest BCUT2D eigenvalue weighted by molar-refractivity contribution is 5.82. The van der Waals surface area contributed by atoms with Gasteiger partial charge in [-0.05, 0) is 32.4 Å². The molecular weight excluding hydrogens is 290 g/mol. The first kappa shape index (κ1) is 15.6. The number of furan rings is 1. The number of benzene rings is 1. The molecule has 3 aromatic rings. The number of nitrogens with one attached hydrogen (secondary N) is 1. The molecule has 0 amide bonds. The smallest absolute Gasteiger partial charge is 0.216 e. The predicted molar refractivity (Wildman–Crippen MR) is 90.7 cm³/mol. The summed E-state index contributed by atoms with van der Waals surface area (Å²) in [6.45, 7) is 6.90. The van der Waals surface area contributed by atoms with Crippen LogP contribution in [0.5, 0.6) is 5.88 Å². The molecule has 2 aromatic heterocycles. The van der Waals surface area contributed by atoms with Crippen molar-refractivity contribution in [1.82, 2.24) is 15.1 Å². The Kier molecular flexibility index (Phi) is 4.13. The number of hydrogen-bond donors (Lipinski definition) is 1. The van der Waals surface area contributed by atoms with Crippen LogP contribution >= 0.6 is 0 Å². The maximum Gasteiger partial charge on any atom is 0.216 e. The van der Waals surface area contributed by atoms with Crippen LogP contribution in [0.25, 0.3) is 11.0 Å². The van der Waals surface area contributed by atoms with Gasteiger partial charge in [-0.2, -0.15) is 5.10 Å². The third-order valence-electron chi connectivity index (χ3n) is 4.34. The van der Waals surface area contributed by atoms with Crippen molar-refractivity contribution in [3.8, 4) is 5.88 Å². The summed E-state index contributed by atoms with van der Waals surface area (Å²) >= 11 is 0. The fraction of sp³-hybridized carbons (Fsp3) is 0.389. The molecule has 0 saturated heterocycles. The Labute approximate surface area is 136 Å². The lowest BCUT2D eigenvalue weighted by Crippen LogP contribution is -2.19. The van der Waals surface area contributed by atoms with E-state index in [1.165, 1.54) is 10.9 Å². The average molecular weight is 313 g/mol. The number of hydrogen-bond acceptors (Lipinski definition) is 4. The van der Waals surface area contributed by atoms with E-state index in [9.17, 15) is 0 Å². The Morgan fingerprint density at radius 1 is 1.30 bits per heavy atom. The molecule has 23 heavy (non-hydrogen) atoms. The summed E-state index contributed by atoms with van der Waals surface area (Å²) in [6.07, 6.45) is 0. The number of aromatic nitrogens is 2. The second kappa shape index (κ2) is 6.08. The summed E-state index contributed by atoms with van der Waals surface area (Å²) in [4.78, 5) is 0. The number of aryl methyl sites for hydroxylation is 3. The minimum Gasteiger partial charge on any atom is -0.481 e. The van der Waals surface area contributed by atoms with Crippen molar-refractivity contribution in [2.45, 2.75) is 33.4 Å². The fourth-order valence-corrected chi connectivity index (χ4v) is 3.09. The lowest BCUT2D eigenvalue weighted by molar-refractivity contribution is 0.365. The number of rotatable bonds is 5. The highest BCUT2D eigenvalue weighted by atomic mass is 16.5. The van der Waals surface area contributed by atoms with E-state index >= 15 is 0 Å². The Balaban J connectivity index is 1.82. The van der Waals surface area contributed by atoms with E-state index in [1.807, 2.05) is 32.2 Å². The van der Waals surface area contributed by atoms with Gasteiger partial charge in [-0.3, -0.25) is 0 Å². The van der Waals surface area contributed by atoms with Crippen LogP contribution in [0.2, 0.25) is 0 Å². The quantitative estimate of drug-likeness (QED) is 0.781. The van der Waals surface area contributed by atoms with E-state index in [0.717, 1.165) is 28.5 Å². The molecule has 0 fully saturated rings. The summed E-state index contributed by atoms with van der Waals surface area (Å²) in [6, 6.07) is 8.24.